The molecular formula is C12H21N3O2S. The maximum atomic E-state index is 5.82. The quantitative estimate of drug-likeness (QED) is 0.837. The molecule has 2 atom stereocenters. The van der Waals surface area contributed by atoms with Crippen LogP contribution in [-0.4, -0.2) is 48.4 Å². The fourth-order valence-electron chi connectivity index (χ4n) is 2.07. The summed E-state index contributed by atoms with van der Waals surface area (Å²) in [4.78, 5) is 6.85. The van der Waals surface area contributed by atoms with E-state index in [2.05, 4.69) is 35.0 Å². The van der Waals surface area contributed by atoms with E-state index in [-0.39, 0.29) is 12.2 Å². The first kappa shape index (κ1) is 13.7. The number of anilines is 1. The van der Waals surface area contributed by atoms with Crippen molar-refractivity contribution >= 4 is 16.7 Å². The molecule has 0 bridgehead atoms. The van der Waals surface area contributed by atoms with Gasteiger partial charge in [-0.2, -0.15) is 4.37 Å². The molecule has 1 aliphatic heterocycles. The Morgan fingerprint density at radius 2 is 2.28 bits per heavy atom. The Hall–Kier alpha value is -0.720. The number of morpholine rings is 1. The topological polar surface area (TPSA) is 47.5 Å². The van der Waals surface area contributed by atoms with Crippen molar-refractivity contribution in [3.63, 3.8) is 0 Å². The minimum atomic E-state index is 0.116. The van der Waals surface area contributed by atoms with E-state index < -0.39 is 0 Å². The van der Waals surface area contributed by atoms with Crippen molar-refractivity contribution in [3.05, 3.63) is 5.82 Å². The Morgan fingerprint density at radius 1 is 1.50 bits per heavy atom. The fraction of sp³-hybridized carbons (Fsp3) is 0.833. The molecule has 1 saturated heterocycles. The highest BCUT2D eigenvalue weighted by Gasteiger charge is 2.27. The molecule has 0 aliphatic carbocycles. The van der Waals surface area contributed by atoms with Gasteiger partial charge in [0.25, 0.3) is 0 Å². The third-order valence-corrected chi connectivity index (χ3v) is 3.69. The van der Waals surface area contributed by atoms with Crippen LogP contribution < -0.4 is 4.90 Å². The van der Waals surface area contributed by atoms with Crippen LogP contribution >= 0.6 is 11.5 Å². The summed E-state index contributed by atoms with van der Waals surface area (Å²) in [5, 5.41) is 0.995. The molecule has 0 saturated carbocycles. The second kappa shape index (κ2) is 5.95. The fourth-order valence-corrected chi connectivity index (χ4v) is 2.89. The minimum absolute atomic E-state index is 0.116. The van der Waals surface area contributed by atoms with Gasteiger partial charge in [-0.1, -0.05) is 13.8 Å². The lowest BCUT2D eigenvalue weighted by Crippen LogP contribution is -2.48. The first-order chi connectivity index (χ1) is 8.60. The number of hydrogen-bond acceptors (Lipinski definition) is 6. The van der Waals surface area contributed by atoms with Gasteiger partial charge in [-0.05, 0) is 6.92 Å². The minimum Gasteiger partial charge on any atom is -0.382 e. The lowest BCUT2D eigenvalue weighted by molar-refractivity contribution is -0.0511. The van der Waals surface area contributed by atoms with Crippen molar-refractivity contribution in [2.45, 2.75) is 38.9 Å². The number of methoxy groups -OCH3 is 1. The maximum absolute atomic E-state index is 5.82. The van der Waals surface area contributed by atoms with E-state index in [4.69, 9.17) is 9.47 Å². The van der Waals surface area contributed by atoms with E-state index >= 15 is 0 Å². The summed E-state index contributed by atoms with van der Waals surface area (Å²) in [5.41, 5.74) is 0. The Labute approximate surface area is 112 Å². The van der Waals surface area contributed by atoms with Gasteiger partial charge in [0.2, 0.25) is 5.13 Å². The van der Waals surface area contributed by atoms with Gasteiger partial charge in [0.05, 0.1) is 18.8 Å². The first-order valence-corrected chi connectivity index (χ1v) is 7.10. The molecule has 0 spiro atoms. The number of hydrogen-bond donors (Lipinski definition) is 0. The molecule has 1 aromatic heterocycles. The number of rotatable bonds is 4. The van der Waals surface area contributed by atoms with E-state index in [1.807, 2.05) is 0 Å². The first-order valence-electron chi connectivity index (χ1n) is 6.33. The highest BCUT2D eigenvalue weighted by Crippen LogP contribution is 2.24. The van der Waals surface area contributed by atoms with Gasteiger partial charge >= 0.3 is 0 Å². The van der Waals surface area contributed by atoms with Gasteiger partial charge in [0, 0.05) is 37.6 Å². The monoisotopic (exact) mass is 271 g/mol. The van der Waals surface area contributed by atoms with Crippen molar-refractivity contribution in [2.75, 3.05) is 31.7 Å². The summed E-state index contributed by atoms with van der Waals surface area (Å²) in [5.74, 6) is 1.31. The van der Waals surface area contributed by atoms with E-state index in [0.29, 0.717) is 12.5 Å². The summed E-state index contributed by atoms with van der Waals surface area (Å²) in [6.45, 7) is 8.62. The van der Waals surface area contributed by atoms with Crippen LogP contribution in [0.25, 0.3) is 0 Å². The average Bonchev–Trinajstić information content (AvgIpc) is 2.78. The Bertz CT molecular complexity index is 383. The molecule has 0 radical (unpaired) electrons. The van der Waals surface area contributed by atoms with Gasteiger partial charge in [0.1, 0.15) is 5.82 Å². The Balaban J connectivity index is 2.06. The summed E-state index contributed by atoms with van der Waals surface area (Å²) >= 11 is 1.48. The highest BCUT2D eigenvalue weighted by molar-refractivity contribution is 7.09. The number of aromatic nitrogens is 2. The van der Waals surface area contributed by atoms with Gasteiger partial charge in [-0.15, -0.1) is 0 Å². The summed E-state index contributed by atoms with van der Waals surface area (Å²) < 4.78 is 15.4. The van der Waals surface area contributed by atoms with Crippen molar-refractivity contribution in [2.24, 2.45) is 0 Å². The van der Waals surface area contributed by atoms with Crippen LogP contribution in [0.2, 0.25) is 0 Å². The smallest absolute Gasteiger partial charge is 0.205 e. The predicted molar refractivity (Wildman–Crippen MR) is 72.4 cm³/mol. The highest BCUT2D eigenvalue weighted by atomic mass is 32.1. The number of nitrogens with zero attached hydrogens (tertiary/aromatic N) is 3. The molecule has 0 amide bonds. The van der Waals surface area contributed by atoms with Crippen LogP contribution in [0.1, 0.15) is 32.5 Å². The van der Waals surface area contributed by atoms with E-state index in [1.165, 1.54) is 11.5 Å². The normalized spacial score (nSPS) is 24.8. The average molecular weight is 271 g/mol. The summed E-state index contributed by atoms with van der Waals surface area (Å²) in [7, 11) is 1.70. The molecule has 102 valence electrons. The third-order valence-electron chi connectivity index (χ3n) is 2.90. The van der Waals surface area contributed by atoms with Crippen LogP contribution in [-0.2, 0) is 9.47 Å². The second-order valence-corrected chi connectivity index (χ2v) is 5.75. The predicted octanol–water partition coefficient (Wildman–Crippen LogP) is 1.90. The zero-order chi connectivity index (χ0) is 13.1. The van der Waals surface area contributed by atoms with E-state index in [9.17, 15) is 0 Å². The molecule has 0 N–H and O–H groups in total. The summed E-state index contributed by atoms with van der Waals surface area (Å²) in [6.07, 6.45) is 0.315. The summed E-state index contributed by atoms with van der Waals surface area (Å²) in [6, 6.07) is 0. The lowest BCUT2D eigenvalue weighted by atomic mass is 10.2. The van der Waals surface area contributed by atoms with Crippen molar-refractivity contribution in [1.29, 1.82) is 0 Å². The van der Waals surface area contributed by atoms with Gasteiger partial charge in [-0.25, -0.2) is 4.98 Å². The van der Waals surface area contributed by atoms with Crippen LogP contribution in [0.4, 0.5) is 5.13 Å². The SMILES string of the molecule is COCC1CN(c2nc(C(C)C)ns2)CC(C)O1. The molecule has 1 aromatic rings. The molecule has 6 heteroatoms. The standard InChI is InChI=1S/C12H21N3O2S/c1-8(2)11-13-12(18-14-11)15-5-9(3)17-10(6-15)7-16-4/h8-10H,5-7H2,1-4H3. The molecule has 2 rings (SSSR count). The Morgan fingerprint density at radius 3 is 2.89 bits per heavy atom. The molecular weight excluding hydrogens is 250 g/mol. The largest absolute Gasteiger partial charge is 0.382 e. The molecule has 18 heavy (non-hydrogen) atoms. The zero-order valence-corrected chi connectivity index (χ0v) is 12.2. The van der Waals surface area contributed by atoms with E-state index in [1.54, 1.807) is 7.11 Å². The third kappa shape index (κ3) is 3.18. The van der Waals surface area contributed by atoms with Crippen molar-refractivity contribution in [3.8, 4) is 0 Å². The maximum Gasteiger partial charge on any atom is 0.205 e. The molecule has 1 aliphatic rings. The molecule has 2 unspecified atom stereocenters. The lowest BCUT2D eigenvalue weighted by Gasteiger charge is -2.36. The zero-order valence-electron chi connectivity index (χ0n) is 11.4. The van der Waals surface area contributed by atoms with Gasteiger partial charge in [0.15, 0.2) is 0 Å². The van der Waals surface area contributed by atoms with Gasteiger partial charge in [-0.3, -0.25) is 0 Å². The Kier molecular flexibility index (Phi) is 4.53. The van der Waals surface area contributed by atoms with Gasteiger partial charge < -0.3 is 14.4 Å². The van der Waals surface area contributed by atoms with Crippen LogP contribution in [0.5, 0.6) is 0 Å². The van der Waals surface area contributed by atoms with E-state index in [0.717, 1.165) is 24.0 Å². The second-order valence-electron chi connectivity index (χ2n) is 5.02. The van der Waals surface area contributed by atoms with Crippen molar-refractivity contribution < 1.29 is 9.47 Å². The van der Waals surface area contributed by atoms with Crippen molar-refractivity contribution in [1.82, 2.24) is 9.36 Å². The molecule has 0 aromatic carbocycles. The molecule has 2 heterocycles. The van der Waals surface area contributed by atoms with Crippen LogP contribution in [0, 0.1) is 0 Å². The molecule has 5 nitrogen and oxygen atoms in total. The number of ether oxygens (including phenoxy) is 2. The van der Waals surface area contributed by atoms with Crippen LogP contribution in [0.3, 0.4) is 0 Å². The molecule has 1 fully saturated rings. The van der Waals surface area contributed by atoms with Crippen LogP contribution in [0.15, 0.2) is 0 Å².